The zero-order chi connectivity index (χ0) is 18.8. The number of hydrogen-bond acceptors (Lipinski definition) is 4. The lowest BCUT2D eigenvalue weighted by Crippen LogP contribution is -2.41. The summed E-state index contributed by atoms with van der Waals surface area (Å²) in [6.45, 7) is 4.97. The maximum absolute atomic E-state index is 12.6. The highest BCUT2D eigenvalue weighted by molar-refractivity contribution is 5.97. The summed E-state index contributed by atoms with van der Waals surface area (Å²) in [5.41, 5.74) is 8.84. The second kappa shape index (κ2) is 7.23. The van der Waals surface area contributed by atoms with Crippen molar-refractivity contribution in [1.29, 1.82) is 0 Å². The molecule has 6 heteroatoms. The molecule has 1 aliphatic heterocycles. The van der Waals surface area contributed by atoms with Crippen molar-refractivity contribution >= 4 is 28.4 Å². The Morgan fingerprint density at radius 3 is 2.62 bits per heavy atom. The molecule has 0 bridgehead atoms. The number of hydrogen-bond donors (Lipinski definition) is 1. The van der Waals surface area contributed by atoms with Crippen molar-refractivity contribution in [2.75, 3.05) is 20.2 Å². The number of amides is 2. The standard InChI is InChI=1S/C20H24N2O4/c1-12(8-19(23)22-6-4-14(5-7-22)20(21)24)15-9-16-13(2)11-26-18(16)10-17(15)25-3/h8-11,14H,4-7H2,1-3H3,(H2,21,24)/b12-8+. The average Bonchev–Trinajstić information content (AvgIpc) is 3.00. The SMILES string of the molecule is COc1cc2occ(C)c2cc1/C(C)=C/C(=O)N1CCC(C(N)=O)CC1. The smallest absolute Gasteiger partial charge is 0.246 e. The number of piperidine rings is 1. The lowest BCUT2D eigenvalue weighted by molar-refractivity contribution is -0.130. The van der Waals surface area contributed by atoms with Crippen molar-refractivity contribution in [2.45, 2.75) is 26.7 Å². The number of nitrogens with zero attached hydrogens (tertiary/aromatic N) is 1. The molecule has 1 fully saturated rings. The number of ether oxygens (including phenoxy) is 1. The molecule has 1 aliphatic rings. The molecule has 0 saturated carbocycles. The van der Waals surface area contributed by atoms with Gasteiger partial charge in [0.25, 0.3) is 0 Å². The monoisotopic (exact) mass is 356 g/mol. The molecule has 2 heterocycles. The zero-order valence-corrected chi connectivity index (χ0v) is 15.4. The summed E-state index contributed by atoms with van der Waals surface area (Å²) in [5.74, 6) is 0.199. The predicted molar refractivity (Wildman–Crippen MR) is 99.7 cm³/mol. The molecular formula is C20H24N2O4. The summed E-state index contributed by atoms with van der Waals surface area (Å²) in [4.78, 5) is 25.6. The first-order valence-electron chi connectivity index (χ1n) is 8.73. The van der Waals surface area contributed by atoms with E-state index in [0.29, 0.717) is 31.7 Å². The van der Waals surface area contributed by atoms with Crippen LogP contribution in [0.1, 0.15) is 30.9 Å². The van der Waals surface area contributed by atoms with Gasteiger partial charge in [-0.25, -0.2) is 0 Å². The molecule has 2 aromatic rings. The van der Waals surface area contributed by atoms with E-state index in [9.17, 15) is 9.59 Å². The third-order valence-electron chi connectivity index (χ3n) is 5.06. The third kappa shape index (κ3) is 3.45. The van der Waals surface area contributed by atoms with Crippen LogP contribution in [0, 0.1) is 12.8 Å². The molecule has 2 amide bonds. The van der Waals surface area contributed by atoms with Crippen LogP contribution < -0.4 is 10.5 Å². The number of aryl methyl sites for hydroxylation is 1. The second-order valence-corrected chi connectivity index (χ2v) is 6.80. The molecule has 0 radical (unpaired) electrons. The first kappa shape index (κ1) is 18.0. The largest absolute Gasteiger partial charge is 0.496 e. The second-order valence-electron chi connectivity index (χ2n) is 6.80. The number of primary amides is 1. The minimum Gasteiger partial charge on any atom is -0.496 e. The molecule has 2 N–H and O–H groups in total. The Balaban J connectivity index is 1.83. The van der Waals surface area contributed by atoms with E-state index in [-0.39, 0.29) is 17.7 Å². The molecular weight excluding hydrogens is 332 g/mol. The fourth-order valence-corrected chi connectivity index (χ4v) is 3.40. The summed E-state index contributed by atoms with van der Waals surface area (Å²) >= 11 is 0. The van der Waals surface area contributed by atoms with Gasteiger partial charge in [-0.2, -0.15) is 0 Å². The van der Waals surface area contributed by atoms with Crippen LogP contribution in [0.4, 0.5) is 0 Å². The highest BCUT2D eigenvalue weighted by Crippen LogP contribution is 2.33. The van der Waals surface area contributed by atoms with Gasteiger partial charge in [0.2, 0.25) is 11.8 Å². The normalized spacial score (nSPS) is 16.1. The number of nitrogens with two attached hydrogens (primary N) is 1. The fraction of sp³-hybridized carbons (Fsp3) is 0.400. The summed E-state index contributed by atoms with van der Waals surface area (Å²) in [6, 6.07) is 3.84. The molecule has 6 nitrogen and oxygen atoms in total. The topological polar surface area (TPSA) is 85.8 Å². The number of allylic oxidation sites excluding steroid dienone is 1. The van der Waals surface area contributed by atoms with Gasteiger partial charge in [-0.3, -0.25) is 9.59 Å². The summed E-state index contributed by atoms with van der Waals surface area (Å²) < 4.78 is 11.0. The summed E-state index contributed by atoms with van der Waals surface area (Å²) in [7, 11) is 1.60. The van der Waals surface area contributed by atoms with E-state index in [4.69, 9.17) is 14.9 Å². The van der Waals surface area contributed by atoms with Crippen LogP contribution in [0.5, 0.6) is 5.75 Å². The predicted octanol–water partition coefficient (Wildman–Crippen LogP) is 2.88. The Hall–Kier alpha value is -2.76. The van der Waals surface area contributed by atoms with Gasteiger partial charge in [0.1, 0.15) is 11.3 Å². The fourth-order valence-electron chi connectivity index (χ4n) is 3.40. The van der Waals surface area contributed by atoms with Gasteiger partial charge >= 0.3 is 0 Å². The van der Waals surface area contributed by atoms with Crippen molar-refractivity contribution in [3.8, 4) is 5.75 Å². The van der Waals surface area contributed by atoms with Gasteiger partial charge in [-0.1, -0.05) is 0 Å². The molecule has 1 aromatic carbocycles. The minimum absolute atomic E-state index is 0.0588. The lowest BCUT2D eigenvalue weighted by atomic mass is 9.96. The highest BCUT2D eigenvalue weighted by atomic mass is 16.5. The van der Waals surface area contributed by atoms with Gasteiger partial charge in [-0.15, -0.1) is 0 Å². The highest BCUT2D eigenvalue weighted by Gasteiger charge is 2.25. The molecule has 1 saturated heterocycles. The minimum atomic E-state index is -0.280. The van der Waals surface area contributed by atoms with Crippen LogP contribution in [0.3, 0.4) is 0 Å². The Bertz CT molecular complexity index is 873. The number of benzene rings is 1. The molecule has 26 heavy (non-hydrogen) atoms. The van der Waals surface area contributed by atoms with E-state index in [1.807, 2.05) is 26.0 Å². The molecule has 1 aromatic heterocycles. The van der Waals surface area contributed by atoms with Crippen molar-refractivity contribution in [2.24, 2.45) is 11.7 Å². The molecule has 138 valence electrons. The quantitative estimate of drug-likeness (QED) is 0.854. The van der Waals surface area contributed by atoms with Crippen LogP contribution >= 0.6 is 0 Å². The number of furan rings is 1. The third-order valence-corrected chi connectivity index (χ3v) is 5.06. The number of methoxy groups -OCH3 is 1. The van der Waals surface area contributed by atoms with Crippen LogP contribution in [-0.2, 0) is 9.59 Å². The van der Waals surface area contributed by atoms with Crippen LogP contribution in [0.25, 0.3) is 16.5 Å². The van der Waals surface area contributed by atoms with E-state index < -0.39 is 0 Å². The molecule has 3 rings (SSSR count). The van der Waals surface area contributed by atoms with Gasteiger partial charge in [0, 0.05) is 42.1 Å². The van der Waals surface area contributed by atoms with Gasteiger partial charge in [0.15, 0.2) is 0 Å². The van der Waals surface area contributed by atoms with Gasteiger partial charge in [-0.05, 0) is 43.9 Å². The van der Waals surface area contributed by atoms with Crippen LogP contribution in [0.15, 0.2) is 28.9 Å². The molecule has 0 unspecified atom stereocenters. The Morgan fingerprint density at radius 1 is 1.31 bits per heavy atom. The molecule has 0 atom stereocenters. The van der Waals surface area contributed by atoms with Crippen molar-refractivity contribution in [1.82, 2.24) is 4.90 Å². The maximum Gasteiger partial charge on any atom is 0.246 e. The number of fused-ring (bicyclic) bond motifs is 1. The number of likely N-dealkylation sites (tertiary alicyclic amines) is 1. The first-order chi connectivity index (χ1) is 12.4. The van der Waals surface area contributed by atoms with E-state index in [1.165, 1.54) is 0 Å². The van der Waals surface area contributed by atoms with Gasteiger partial charge < -0.3 is 19.8 Å². The van der Waals surface area contributed by atoms with E-state index in [2.05, 4.69) is 0 Å². The Kier molecular flexibility index (Phi) is 5.02. The number of carbonyl (C=O) groups excluding carboxylic acids is 2. The Morgan fingerprint density at radius 2 is 2.00 bits per heavy atom. The number of rotatable bonds is 4. The average molecular weight is 356 g/mol. The maximum atomic E-state index is 12.6. The van der Waals surface area contributed by atoms with E-state index in [0.717, 1.165) is 27.7 Å². The zero-order valence-electron chi connectivity index (χ0n) is 15.4. The van der Waals surface area contributed by atoms with Crippen LogP contribution in [-0.4, -0.2) is 36.9 Å². The van der Waals surface area contributed by atoms with Crippen LogP contribution in [0.2, 0.25) is 0 Å². The van der Waals surface area contributed by atoms with E-state index >= 15 is 0 Å². The van der Waals surface area contributed by atoms with E-state index in [1.54, 1.807) is 24.3 Å². The summed E-state index contributed by atoms with van der Waals surface area (Å²) in [5, 5.41) is 1.00. The van der Waals surface area contributed by atoms with Crippen molar-refractivity contribution < 1.29 is 18.7 Å². The molecule has 0 spiro atoms. The van der Waals surface area contributed by atoms with Gasteiger partial charge in [0.05, 0.1) is 13.4 Å². The molecule has 0 aliphatic carbocycles. The van der Waals surface area contributed by atoms with Crippen molar-refractivity contribution in [3.63, 3.8) is 0 Å². The number of carbonyl (C=O) groups is 2. The first-order valence-corrected chi connectivity index (χ1v) is 8.73. The summed E-state index contributed by atoms with van der Waals surface area (Å²) in [6.07, 6.45) is 4.58. The Labute approximate surface area is 152 Å². The lowest BCUT2D eigenvalue weighted by Gasteiger charge is -2.30. The van der Waals surface area contributed by atoms with Crippen molar-refractivity contribution in [3.05, 3.63) is 35.6 Å².